The summed E-state index contributed by atoms with van der Waals surface area (Å²) in [5.74, 6) is 2.39. The van der Waals surface area contributed by atoms with Crippen molar-refractivity contribution in [1.82, 2.24) is 4.98 Å². The minimum atomic E-state index is 0.438. The minimum Gasteiger partial charge on any atom is -0.329 e. The van der Waals surface area contributed by atoms with Gasteiger partial charge in [-0.25, -0.2) is 4.98 Å². The molecule has 2 aromatic rings. The maximum absolute atomic E-state index is 7.79. The van der Waals surface area contributed by atoms with Crippen LogP contribution in [0.1, 0.15) is 57.7 Å². The van der Waals surface area contributed by atoms with Crippen LogP contribution >= 0.6 is 0 Å². The van der Waals surface area contributed by atoms with Gasteiger partial charge in [0.2, 0.25) is 0 Å². The van der Waals surface area contributed by atoms with Gasteiger partial charge in [0, 0.05) is 24.5 Å². The van der Waals surface area contributed by atoms with Crippen LogP contribution in [0.2, 0.25) is 0 Å². The van der Waals surface area contributed by atoms with Gasteiger partial charge in [0.05, 0.1) is 5.84 Å². The zero-order valence-electron chi connectivity index (χ0n) is 19.5. The lowest BCUT2D eigenvalue weighted by atomic mass is 9.86. The van der Waals surface area contributed by atoms with E-state index in [4.69, 9.17) is 13.3 Å². The van der Waals surface area contributed by atoms with Crippen molar-refractivity contribution in [2.24, 2.45) is 10.9 Å². The molecular weight excluding hydrogens is 367 g/mol. The number of rotatable bonds is 6. The number of hydrogen-bond acceptors (Lipinski definition) is 3. The second-order valence-corrected chi connectivity index (χ2v) is 7.71. The summed E-state index contributed by atoms with van der Waals surface area (Å²) in [4.78, 5) is 8.41. The number of hydrogen-bond donors (Lipinski definition) is 2. The van der Waals surface area contributed by atoms with E-state index in [1.165, 1.54) is 18.4 Å². The number of aromatic nitrogens is 1. The molecule has 2 rings (SSSR count). The van der Waals surface area contributed by atoms with Gasteiger partial charge < -0.3 is 10.7 Å². The number of nitrogens with one attached hydrogen (secondary N) is 2. The van der Waals surface area contributed by atoms with Crippen molar-refractivity contribution in [2.45, 2.75) is 54.4 Å². The van der Waals surface area contributed by atoms with Gasteiger partial charge in [-0.3, -0.25) is 4.99 Å². The van der Waals surface area contributed by atoms with Gasteiger partial charge in [0.15, 0.2) is 0 Å². The topological polar surface area (TPSA) is 61.1 Å². The van der Waals surface area contributed by atoms with Crippen molar-refractivity contribution >= 4 is 30.8 Å². The number of amidine groups is 1. The molecule has 0 aliphatic rings. The van der Waals surface area contributed by atoms with Crippen LogP contribution < -0.4 is 5.32 Å². The molecule has 0 fully saturated rings. The molecule has 2 N–H and O–H groups in total. The number of allylic oxidation sites excluding steroid dienone is 2. The zero-order chi connectivity index (χ0) is 22.7. The Morgan fingerprint density at radius 1 is 1.20 bits per heavy atom. The van der Waals surface area contributed by atoms with E-state index < -0.39 is 0 Å². The standard InChI is InChI=1S/C14H19BN4.C11H16/c1-8-6-12(13(9(2)15)10(3)16)7-18-14(8)19-11(4)17-5;1-3-10(2)9-11-7-5-4-6-8-11/h6-7,16H,1-5H3,(H,17,18,19);4-8,10H,3,9H2,1-2H3/b13-9+,16-10?;. The second kappa shape index (κ2) is 12.8. The van der Waals surface area contributed by atoms with E-state index in [9.17, 15) is 0 Å². The van der Waals surface area contributed by atoms with E-state index in [-0.39, 0.29) is 0 Å². The molecule has 0 saturated heterocycles. The van der Waals surface area contributed by atoms with Crippen LogP contribution in [0.4, 0.5) is 5.82 Å². The largest absolute Gasteiger partial charge is 0.329 e. The van der Waals surface area contributed by atoms with Crippen LogP contribution in [0.25, 0.3) is 5.57 Å². The molecule has 1 unspecified atom stereocenters. The summed E-state index contributed by atoms with van der Waals surface area (Å²) in [6.07, 6.45) is 4.22. The van der Waals surface area contributed by atoms with E-state index in [1.54, 1.807) is 27.1 Å². The van der Waals surface area contributed by atoms with Crippen LogP contribution in [-0.2, 0) is 6.42 Å². The van der Waals surface area contributed by atoms with Crippen LogP contribution in [0, 0.1) is 18.3 Å². The smallest absolute Gasteiger partial charge is 0.134 e. The van der Waals surface area contributed by atoms with Gasteiger partial charge in [-0.15, -0.1) is 5.47 Å². The molecule has 0 amide bonds. The second-order valence-electron chi connectivity index (χ2n) is 7.71. The molecule has 1 aromatic heterocycles. The van der Waals surface area contributed by atoms with Gasteiger partial charge in [-0.05, 0) is 55.9 Å². The van der Waals surface area contributed by atoms with Gasteiger partial charge in [0.1, 0.15) is 13.7 Å². The molecule has 0 bridgehead atoms. The Morgan fingerprint density at radius 3 is 2.30 bits per heavy atom. The Balaban J connectivity index is 0.000000346. The highest BCUT2D eigenvalue weighted by atomic mass is 15.0. The van der Waals surface area contributed by atoms with Gasteiger partial charge in [-0.2, -0.15) is 0 Å². The molecule has 30 heavy (non-hydrogen) atoms. The highest BCUT2D eigenvalue weighted by Crippen LogP contribution is 2.22. The number of nitrogens with zero attached hydrogens (tertiary/aromatic N) is 2. The Hall–Kier alpha value is -2.69. The Labute approximate surface area is 183 Å². The summed E-state index contributed by atoms with van der Waals surface area (Å²) in [5, 5.41) is 10.9. The molecule has 0 aliphatic carbocycles. The molecule has 4 nitrogen and oxygen atoms in total. The van der Waals surface area contributed by atoms with Crippen molar-refractivity contribution in [3.05, 3.63) is 64.8 Å². The van der Waals surface area contributed by atoms with Crippen molar-refractivity contribution in [1.29, 1.82) is 5.41 Å². The number of aliphatic imine (C=N–C) groups is 1. The molecule has 5 heteroatoms. The fraction of sp³-hybridized carbons (Fsp3) is 0.400. The SMILES string of the molecule is CCC(C)Cc1ccccc1.[B]/C(C)=C(\C(C)=N)c1cnc(NC(C)=NC)c(C)c1. The van der Waals surface area contributed by atoms with E-state index in [2.05, 4.69) is 59.5 Å². The highest BCUT2D eigenvalue weighted by Gasteiger charge is 2.09. The van der Waals surface area contributed by atoms with E-state index in [0.29, 0.717) is 11.2 Å². The van der Waals surface area contributed by atoms with Crippen LogP contribution in [0.15, 0.2) is 53.1 Å². The predicted molar refractivity (Wildman–Crippen MR) is 133 cm³/mol. The number of aryl methyl sites for hydroxylation is 1. The van der Waals surface area contributed by atoms with Crippen molar-refractivity contribution in [3.63, 3.8) is 0 Å². The number of pyridine rings is 1. The Kier molecular flexibility index (Phi) is 10.8. The summed E-state index contributed by atoms with van der Waals surface area (Å²) < 4.78 is 0. The fourth-order valence-corrected chi connectivity index (χ4v) is 2.97. The summed E-state index contributed by atoms with van der Waals surface area (Å²) in [7, 11) is 7.56. The predicted octanol–water partition coefficient (Wildman–Crippen LogP) is 6.06. The van der Waals surface area contributed by atoms with E-state index >= 15 is 0 Å². The maximum Gasteiger partial charge on any atom is 0.134 e. The quantitative estimate of drug-likeness (QED) is 0.350. The third-order valence-electron chi connectivity index (χ3n) is 4.89. The summed E-state index contributed by atoms with van der Waals surface area (Å²) >= 11 is 0. The first-order chi connectivity index (χ1) is 14.2. The molecule has 2 radical (unpaired) electrons. The molecule has 0 saturated carbocycles. The fourth-order valence-electron chi connectivity index (χ4n) is 2.97. The minimum absolute atomic E-state index is 0.438. The van der Waals surface area contributed by atoms with Gasteiger partial charge >= 0.3 is 0 Å². The first-order valence-corrected chi connectivity index (χ1v) is 10.4. The van der Waals surface area contributed by atoms with Crippen molar-refractivity contribution in [3.8, 4) is 0 Å². The number of anilines is 1. The molecule has 1 heterocycles. The molecule has 158 valence electrons. The Morgan fingerprint density at radius 2 is 1.83 bits per heavy atom. The first kappa shape index (κ1) is 25.4. The molecule has 0 spiro atoms. The van der Waals surface area contributed by atoms with E-state index in [0.717, 1.165) is 34.3 Å². The van der Waals surface area contributed by atoms with Crippen molar-refractivity contribution < 1.29 is 0 Å². The van der Waals surface area contributed by atoms with Crippen LogP contribution in [0.5, 0.6) is 0 Å². The average molecular weight is 402 g/mol. The molecular formula is C25H35BN4. The monoisotopic (exact) mass is 402 g/mol. The normalized spacial score (nSPS) is 13.0. The summed E-state index contributed by atoms with van der Waals surface area (Å²) in [6, 6.07) is 12.7. The van der Waals surface area contributed by atoms with E-state index in [1.807, 2.05) is 19.9 Å². The van der Waals surface area contributed by atoms with Gasteiger partial charge in [-0.1, -0.05) is 57.5 Å². The molecule has 1 aromatic carbocycles. The lowest BCUT2D eigenvalue weighted by Crippen LogP contribution is -2.10. The molecule has 0 aliphatic heterocycles. The third-order valence-corrected chi connectivity index (χ3v) is 4.89. The Bertz CT molecular complexity index is 881. The lowest BCUT2D eigenvalue weighted by Gasteiger charge is -2.13. The van der Waals surface area contributed by atoms with Crippen LogP contribution in [-0.4, -0.2) is 31.4 Å². The zero-order valence-corrected chi connectivity index (χ0v) is 19.5. The number of benzene rings is 1. The summed E-state index contributed by atoms with van der Waals surface area (Å²) in [5.41, 5.74) is 5.11. The highest BCUT2D eigenvalue weighted by molar-refractivity contribution is 6.35. The molecule has 1 atom stereocenters. The average Bonchev–Trinajstić information content (AvgIpc) is 2.70. The lowest BCUT2D eigenvalue weighted by molar-refractivity contribution is 0.560. The maximum atomic E-state index is 7.79. The third kappa shape index (κ3) is 8.36. The van der Waals surface area contributed by atoms with Gasteiger partial charge in [0.25, 0.3) is 0 Å². The summed E-state index contributed by atoms with van der Waals surface area (Å²) in [6.45, 7) is 11.9. The first-order valence-electron chi connectivity index (χ1n) is 10.4. The van der Waals surface area contributed by atoms with Crippen molar-refractivity contribution in [2.75, 3.05) is 12.4 Å². The van der Waals surface area contributed by atoms with Crippen LogP contribution in [0.3, 0.4) is 0 Å².